The quantitative estimate of drug-likeness (QED) is 0.341. The lowest BCUT2D eigenvalue weighted by Gasteiger charge is -2.33. The van der Waals surface area contributed by atoms with Gasteiger partial charge in [0.05, 0.1) is 23.8 Å². The van der Waals surface area contributed by atoms with Gasteiger partial charge in [0.1, 0.15) is 5.82 Å². The zero-order valence-electron chi connectivity index (χ0n) is 17.7. The fourth-order valence-corrected chi connectivity index (χ4v) is 4.02. The summed E-state index contributed by atoms with van der Waals surface area (Å²) in [6, 6.07) is 4.24. The van der Waals surface area contributed by atoms with Crippen molar-refractivity contribution < 1.29 is 0 Å². The molecule has 0 unspecified atom stereocenters. The molecule has 0 spiro atoms. The Morgan fingerprint density at radius 2 is 1.93 bits per heavy atom. The van der Waals surface area contributed by atoms with Crippen LogP contribution in [0.1, 0.15) is 28.1 Å². The van der Waals surface area contributed by atoms with Crippen LogP contribution in [0.15, 0.2) is 23.3 Å². The van der Waals surface area contributed by atoms with Crippen LogP contribution >= 0.6 is 35.3 Å². The number of likely N-dealkylation sites (N-methyl/N-ethyl adjacent to an activating group) is 1. The van der Waals surface area contributed by atoms with E-state index in [9.17, 15) is 0 Å². The van der Waals surface area contributed by atoms with Crippen molar-refractivity contribution in [1.82, 2.24) is 25.5 Å². The summed E-state index contributed by atoms with van der Waals surface area (Å²) < 4.78 is 0. The van der Waals surface area contributed by atoms with Crippen molar-refractivity contribution in [2.24, 2.45) is 4.99 Å². The molecule has 160 valence electrons. The van der Waals surface area contributed by atoms with E-state index in [0.29, 0.717) is 6.54 Å². The molecule has 1 fully saturated rings. The summed E-state index contributed by atoms with van der Waals surface area (Å²) in [6.45, 7) is 12.6. The van der Waals surface area contributed by atoms with Gasteiger partial charge in [-0.2, -0.15) is 0 Å². The molecule has 0 amide bonds. The van der Waals surface area contributed by atoms with Gasteiger partial charge in [0.15, 0.2) is 5.96 Å². The van der Waals surface area contributed by atoms with Crippen LogP contribution in [0, 0.1) is 13.8 Å². The number of aromatic nitrogens is 2. The minimum Gasteiger partial charge on any atom is -0.357 e. The summed E-state index contributed by atoms with van der Waals surface area (Å²) >= 11 is 1.73. The lowest BCUT2D eigenvalue weighted by molar-refractivity contribution is 0.312. The van der Waals surface area contributed by atoms with Gasteiger partial charge in [-0.1, -0.05) is 6.07 Å². The molecule has 29 heavy (non-hydrogen) atoms. The van der Waals surface area contributed by atoms with Gasteiger partial charge in [0.2, 0.25) is 0 Å². The third-order valence-electron chi connectivity index (χ3n) is 4.82. The number of thiazole rings is 1. The molecule has 0 atom stereocenters. The van der Waals surface area contributed by atoms with Gasteiger partial charge in [-0.25, -0.2) is 15.0 Å². The maximum absolute atomic E-state index is 4.71. The van der Waals surface area contributed by atoms with E-state index in [1.54, 1.807) is 11.3 Å². The maximum atomic E-state index is 4.71. The summed E-state index contributed by atoms with van der Waals surface area (Å²) in [5, 5.41) is 7.81. The number of anilines is 1. The second-order valence-electron chi connectivity index (χ2n) is 7.11. The van der Waals surface area contributed by atoms with Crippen molar-refractivity contribution in [2.75, 3.05) is 44.7 Å². The molecular weight excluding hydrogens is 497 g/mol. The van der Waals surface area contributed by atoms with Crippen LogP contribution < -0.4 is 15.5 Å². The number of aliphatic imine (C=N–C) groups is 1. The van der Waals surface area contributed by atoms with E-state index in [-0.39, 0.29) is 24.0 Å². The molecule has 1 aliphatic rings. The molecule has 0 radical (unpaired) electrons. The Labute approximate surface area is 195 Å². The van der Waals surface area contributed by atoms with Crippen molar-refractivity contribution in [3.63, 3.8) is 0 Å². The number of hydrogen-bond acceptors (Lipinski definition) is 6. The van der Waals surface area contributed by atoms with Gasteiger partial charge in [-0.05, 0) is 39.4 Å². The Hall–Kier alpha value is -1.46. The average Bonchev–Trinajstić information content (AvgIpc) is 3.02. The fourth-order valence-electron chi connectivity index (χ4n) is 3.15. The van der Waals surface area contributed by atoms with E-state index >= 15 is 0 Å². The highest BCUT2D eigenvalue weighted by Gasteiger charge is 2.14. The van der Waals surface area contributed by atoms with Crippen LogP contribution in [0.25, 0.3) is 0 Å². The molecule has 2 aromatic rings. The third kappa shape index (κ3) is 7.07. The highest BCUT2D eigenvalue weighted by Crippen LogP contribution is 2.17. The Morgan fingerprint density at radius 3 is 2.52 bits per heavy atom. The second kappa shape index (κ2) is 11.7. The summed E-state index contributed by atoms with van der Waals surface area (Å²) in [7, 11) is 2.17. The molecular formula is C20H32IN7S. The Kier molecular flexibility index (Phi) is 9.57. The first-order valence-electron chi connectivity index (χ1n) is 9.88. The highest BCUT2D eigenvalue weighted by molar-refractivity contribution is 14.0. The van der Waals surface area contributed by atoms with E-state index in [0.717, 1.165) is 67.3 Å². The van der Waals surface area contributed by atoms with Crippen LogP contribution in [0.4, 0.5) is 5.82 Å². The molecule has 0 saturated carbocycles. The Balaban J connectivity index is 0.00000300. The van der Waals surface area contributed by atoms with Gasteiger partial charge in [-0.15, -0.1) is 35.3 Å². The number of pyridine rings is 1. The van der Waals surface area contributed by atoms with Crippen LogP contribution in [0.5, 0.6) is 0 Å². The number of aryl methyl sites for hydroxylation is 2. The third-order valence-corrected chi connectivity index (χ3v) is 5.89. The second-order valence-corrected chi connectivity index (χ2v) is 8.39. The first-order valence-corrected chi connectivity index (χ1v) is 10.7. The lowest BCUT2D eigenvalue weighted by Crippen LogP contribution is -2.44. The van der Waals surface area contributed by atoms with Crippen molar-refractivity contribution in [3.05, 3.63) is 39.5 Å². The number of guanidine groups is 1. The number of nitrogens with one attached hydrogen (secondary N) is 2. The largest absolute Gasteiger partial charge is 0.357 e. The molecule has 0 aliphatic carbocycles. The van der Waals surface area contributed by atoms with Crippen LogP contribution in [-0.4, -0.2) is 60.6 Å². The smallest absolute Gasteiger partial charge is 0.191 e. The number of nitrogens with zero attached hydrogens (tertiary/aromatic N) is 5. The van der Waals surface area contributed by atoms with E-state index in [1.807, 2.05) is 13.1 Å². The summed E-state index contributed by atoms with van der Waals surface area (Å²) in [5.41, 5.74) is 2.20. The summed E-state index contributed by atoms with van der Waals surface area (Å²) in [6.07, 6.45) is 1.94. The van der Waals surface area contributed by atoms with Crippen LogP contribution in [0.3, 0.4) is 0 Å². The van der Waals surface area contributed by atoms with Crippen molar-refractivity contribution in [1.29, 1.82) is 0 Å². The molecule has 2 aromatic heterocycles. The maximum Gasteiger partial charge on any atom is 0.191 e. The van der Waals surface area contributed by atoms with Crippen LogP contribution in [-0.2, 0) is 13.1 Å². The van der Waals surface area contributed by atoms with Crippen molar-refractivity contribution >= 4 is 47.1 Å². The highest BCUT2D eigenvalue weighted by atomic mass is 127. The van der Waals surface area contributed by atoms with Gasteiger partial charge >= 0.3 is 0 Å². The molecule has 0 bridgehead atoms. The van der Waals surface area contributed by atoms with Crippen LogP contribution in [0.2, 0.25) is 0 Å². The number of piperazine rings is 1. The number of hydrogen-bond donors (Lipinski definition) is 2. The number of rotatable bonds is 6. The van der Waals surface area contributed by atoms with Crippen molar-refractivity contribution in [2.45, 2.75) is 33.9 Å². The van der Waals surface area contributed by atoms with E-state index in [2.05, 4.69) is 63.4 Å². The first kappa shape index (κ1) is 23.8. The topological polar surface area (TPSA) is 68.7 Å². The monoisotopic (exact) mass is 529 g/mol. The minimum absolute atomic E-state index is 0. The SMILES string of the molecule is CCNC(=NCc1ccc(N2CCN(C)CC2)nc1)NCc1sc(C)nc1C.I. The molecule has 2 N–H and O–H groups in total. The van der Waals surface area contributed by atoms with E-state index in [4.69, 9.17) is 4.99 Å². The zero-order valence-corrected chi connectivity index (χ0v) is 20.9. The zero-order chi connectivity index (χ0) is 19.9. The van der Waals surface area contributed by atoms with Gasteiger partial charge in [0.25, 0.3) is 0 Å². The van der Waals surface area contributed by atoms with E-state index < -0.39 is 0 Å². The number of halogens is 1. The van der Waals surface area contributed by atoms with Crippen molar-refractivity contribution in [3.8, 4) is 0 Å². The Bertz CT molecular complexity index is 783. The molecule has 9 heteroatoms. The van der Waals surface area contributed by atoms with E-state index in [1.165, 1.54) is 4.88 Å². The molecule has 1 saturated heterocycles. The summed E-state index contributed by atoms with van der Waals surface area (Å²) in [4.78, 5) is 19.8. The molecule has 3 rings (SSSR count). The first-order chi connectivity index (χ1) is 13.5. The normalized spacial score (nSPS) is 15.2. The molecule has 0 aromatic carbocycles. The summed E-state index contributed by atoms with van der Waals surface area (Å²) in [5.74, 6) is 1.87. The predicted molar refractivity (Wildman–Crippen MR) is 133 cm³/mol. The standard InChI is InChI=1S/C20H31N7S.HI/c1-5-21-20(24-14-18-15(2)25-16(3)28-18)23-13-17-6-7-19(22-12-17)27-10-8-26(4)9-11-27;/h6-7,12H,5,8-11,13-14H2,1-4H3,(H2,21,23,24);1H. The average molecular weight is 529 g/mol. The Morgan fingerprint density at radius 1 is 1.17 bits per heavy atom. The molecule has 3 heterocycles. The van der Waals surface area contributed by atoms with Gasteiger partial charge in [0, 0.05) is 43.8 Å². The van der Waals surface area contributed by atoms with Gasteiger partial charge < -0.3 is 20.4 Å². The van der Waals surface area contributed by atoms with Gasteiger partial charge in [-0.3, -0.25) is 0 Å². The lowest BCUT2D eigenvalue weighted by atomic mass is 10.2. The molecule has 1 aliphatic heterocycles. The minimum atomic E-state index is 0. The fraction of sp³-hybridized carbons (Fsp3) is 0.550. The molecule has 7 nitrogen and oxygen atoms in total. The predicted octanol–water partition coefficient (Wildman–Crippen LogP) is 2.78.